The summed E-state index contributed by atoms with van der Waals surface area (Å²) in [6.07, 6.45) is 0. The van der Waals surface area contributed by atoms with E-state index < -0.39 is 0 Å². The van der Waals surface area contributed by atoms with E-state index in [0.29, 0.717) is 0 Å². The Morgan fingerprint density at radius 1 is 1.86 bits per heavy atom. The number of allylic oxidation sites excluding steroid dienone is 1. The minimum atomic E-state index is -0.225. The van der Waals surface area contributed by atoms with E-state index in [0.717, 1.165) is 5.76 Å². The molecule has 0 heterocycles. The zero-order valence-corrected chi connectivity index (χ0v) is 6.44. The maximum atomic E-state index is 5.14. The third-order valence-electron chi connectivity index (χ3n) is 0.553. The fourth-order valence-electron chi connectivity index (χ4n) is 0.276. The summed E-state index contributed by atoms with van der Waals surface area (Å²) in [5, 5.41) is 0. The van der Waals surface area contributed by atoms with E-state index in [2.05, 4.69) is 13.5 Å². The highest BCUT2D eigenvalue weighted by Crippen LogP contribution is 1.87. The predicted molar refractivity (Wildman–Crippen MR) is 34.9 cm³/mol. The van der Waals surface area contributed by atoms with E-state index in [1.807, 2.05) is 6.92 Å². The van der Waals surface area contributed by atoms with Crippen molar-refractivity contribution < 1.29 is 4.43 Å². The van der Waals surface area contributed by atoms with Gasteiger partial charge >= 0.3 is 0 Å². The Morgan fingerprint density at radius 3 is 2.57 bits per heavy atom. The molecule has 0 unspecified atom stereocenters. The molecule has 0 atom stereocenters. The van der Waals surface area contributed by atoms with Crippen molar-refractivity contribution in [3.05, 3.63) is 12.3 Å². The second-order valence-electron chi connectivity index (χ2n) is 1.55. The van der Waals surface area contributed by atoms with Crippen molar-refractivity contribution in [2.75, 3.05) is 0 Å². The van der Waals surface area contributed by atoms with Gasteiger partial charge in [-0.1, -0.05) is 13.5 Å². The summed E-state index contributed by atoms with van der Waals surface area (Å²) in [5.74, 6) is 0.869. The summed E-state index contributed by atoms with van der Waals surface area (Å²) in [5.41, 5.74) is 0. The molecular formula is C5H12OSi. The van der Waals surface area contributed by atoms with Crippen molar-refractivity contribution in [1.82, 2.24) is 0 Å². The summed E-state index contributed by atoms with van der Waals surface area (Å²) >= 11 is 0. The molecule has 0 aromatic carbocycles. The van der Waals surface area contributed by atoms with E-state index >= 15 is 0 Å². The van der Waals surface area contributed by atoms with Crippen molar-refractivity contribution in [3.63, 3.8) is 0 Å². The Kier molecular flexibility index (Phi) is 3.79. The topological polar surface area (TPSA) is 9.23 Å². The molecule has 0 aliphatic heterocycles. The maximum Gasteiger partial charge on any atom is 0.218 e. The summed E-state index contributed by atoms with van der Waals surface area (Å²) in [7, 11) is -0.225. The van der Waals surface area contributed by atoms with Crippen LogP contribution in [-0.4, -0.2) is 9.76 Å². The van der Waals surface area contributed by atoms with Crippen LogP contribution in [0.15, 0.2) is 12.3 Å². The molecule has 0 saturated carbocycles. The van der Waals surface area contributed by atoms with E-state index in [9.17, 15) is 0 Å². The molecule has 0 saturated heterocycles. The molecule has 1 nitrogen and oxygen atoms in total. The number of rotatable bonds is 3. The Bertz CT molecular complexity index is 61.1. The van der Waals surface area contributed by atoms with Gasteiger partial charge in [0.25, 0.3) is 0 Å². The first-order valence-corrected chi connectivity index (χ1v) is 4.13. The van der Waals surface area contributed by atoms with Gasteiger partial charge in [0.05, 0.1) is 5.76 Å². The molecule has 0 bridgehead atoms. The van der Waals surface area contributed by atoms with E-state index in [1.165, 1.54) is 6.04 Å². The monoisotopic (exact) mass is 116 g/mol. The highest BCUT2D eigenvalue weighted by molar-refractivity contribution is 6.27. The second-order valence-corrected chi connectivity index (χ2v) is 3.25. The van der Waals surface area contributed by atoms with Crippen LogP contribution in [0.3, 0.4) is 0 Å². The van der Waals surface area contributed by atoms with Gasteiger partial charge < -0.3 is 4.43 Å². The molecule has 2 heteroatoms. The smallest absolute Gasteiger partial charge is 0.218 e. The molecule has 0 rings (SSSR count). The van der Waals surface area contributed by atoms with E-state index in [1.54, 1.807) is 0 Å². The van der Waals surface area contributed by atoms with Crippen LogP contribution >= 0.6 is 0 Å². The summed E-state index contributed by atoms with van der Waals surface area (Å²) in [6.45, 7) is 7.63. The van der Waals surface area contributed by atoms with Crippen LogP contribution in [0.1, 0.15) is 13.8 Å². The highest BCUT2D eigenvalue weighted by Gasteiger charge is 1.80. The van der Waals surface area contributed by atoms with Crippen molar-refractivity contribution in [1.29, 1.82) is 0 Å². The zero-order chi connectivity index (χ0) is 5.70. The molecule has 7 heavy (non-hydrogen) atoms. The van der Waals surface area contributed by atoms with Crippen LogP contribution in [0.5, 0.6) is 0 Å². The second kappa shape index (κ2) is 3.93. The number of hydrogen-bond acceptors (Lipinski definition) is 1. The lowest BCUT2D eigenvalue weighted by atomic mass is 10.7. The lowest BCUT2D eigenvalue weighted by molar-refractivity contribution is 0.458. The molecule has 0 aliphatic rings. The van der Waals surface area contributed by atoms with Gasteiger partial charge in [-0.15, -0.1) is 0 Å². The normalized spacial score (nSPS) is 10.0. The average molecular weight is 116 g/mol. The first kappa shape index (κ1) is 6.76. The molecular weight excluding hydrogens is 104 g/mol. The average Bonchev–Trinajstić information content (AvgIpc) is 1.61. The van der Waals surface area contributed by atoms with Crippen LogP contribution in [0, 0.1) is 0 Å². The quantitative estimate of drug-likeness (QED) is 0.396. The lowest BCUT2D eigenvalue weighted by Gasteiger charge is -1.99. The molecule has 0 fully saturated rings. The molecule has 0 spiro atoms. The maximum absolute atomic E-state index is 5.14. The van der Waals surface area contributed by atoms with E-state index in [4.69, 9.17) is 4.43 Å². The summed E-state index contributed by atoms with van der Waals surface area (Å²) in [6, 6.07) is 1.20. The van der Waals surface area contributed by atoms with Crippen LogP contribution < -0.4 is 0 Å². The van der Waals surface area contributed by atoms with Gasteiger partial charge in [0.1, 0.15) is 0 Å². The molecule has 0 aromatic heterocycles. The Balaban J connectivity index is 2.82. The van der Waals surface area contributed by atoms with Crippen LogP contribution in [-0.2, 0) is 4.43 Å². The Morgan fingerprint density at radius 2 is 2.43 bits per heavy atom. The van der Waals surface area contributed by atoms with Gasteiger partial charge in [-0.25, -0.2) is 0 Å². The summed E-state index contributed by atoms with van der Waals surface area (Å²) in [4.78, 5) is 0. The van der Waals surface area contributed by atoms with Gasteiger partial charge in [0.2, 0.25) is 9.76 Å². The first-order chi connectivity index (χ1) is 3.27. The lowest BCUT2D eigenvalue weighted by Crippen LogP contribution is -1.91. The Labute approximate surface area is 47.3 Å². The molecule has 0 radical (unpaired) electrons. The molecule has 0 aromatic rings. The SMILES string of the molecule is C=C(C)O[SiH2]CC. The van der Waals surface area contributed by atoms with Crippen LogP contribution in [0.2, 0.25) is 6.04 Å². The minimum absolute atomic E-state index is 0.225. The minimum Gasteiger partial charge on any atom is -0.553 e. The van der Waals surface area contributed by atoms with Crippen LogP contribution in [0.4, 0.5) is 0 Å². The van der Waals surface area contributed by atoms with Gasteiger partial charge in [-0.3, -0.25) is 0 Å². The first-order valence-electron chi connectivity index (χ1n) is 2.55. The number of hydrogen-bond donors (Lipinski definition) is 0. The van der Waals surface area contributed by atoms with Crippen molar-refractivity contribution >= 4 is 9.76 Å². The fraction of sp³-hybridized carbons (Fsp3) is 0.600. The Hall–Kier alpha value is -0.243. The van der Waals surface area contributed by atoms with Crippen molar-refractivity contribution in [2.45, 2.75) is 19.9 Å². The fourth-order valence-corrected chi connectivity index (χ4v) is 0.829. The standard InChI is InChI=1S/C5H12OSi/c1-4-7-6-5(2)3/h2,4,7H2,1,3H3. The van der Waals surface area contributed by atoms with Gasteiger partial charge in [-0.05, 0) is 13.0 Å². The van der Waals surface area contributed by atoms with E-state index in [-0.39, 0.29) is 9.76 Å². The molecule has 42 valence electrons. The van der Waals surface area contributed by atoms with Crippen molar-refractivity contribution in [2.24, 2.45) is 0 Å². The molecule has 0 amide bonds. The molecule has 0 aliphatic carbocycles. The van der Waals surface area contributed by atoms with Gasteiger partial charge in [0.15, 0.2) is 0 Å². The third kappa shape index (κ3) is 5.76. The van der Waals surface area contributed by atoms with Gasteiger partial charge in [0, 0.05) is 0 Å². The van der Waals surface area contributed by atoms with Crippen LogP contribution in [0.25, 0.3) is 0 Å². The largest absolute Gasteiger partial charge is 0.553 e. The zero-order valence-electron chi connectivity index (χ0n) is 5.03. The molecule has 0 N–H and O–H groups in total. The third-order valence-corrected chi connectivity index (χ3v) is 1.66. The summed E-state index contributed by atoms with van der Waals surface area (Å²) < 4.78 is 5.14. The van der Waals surface area contributed by atoms with Gasteiger partial charge in [-0.2, -0.15) is 0 Å². The highest BCUT2D eigenvalue weighted by atomic mass is 28.2. The predicted octanol–water partition coefficient (Wildman–Crippen LogP) is 1.06. The van der Waals surface area contributed by atoms with Crippen molar-refractivity contribution in [3.8, 4) is 0 Å².